The standard InChI is InChI=1S/C17H18N2O5S/c1-10-7-13(25(18,21)22)9-14(11(10)2)19-17(20)12-3-4-15-16(8-12)24-6-5-23-15/h3-4,7-9H,5-6H2,1-2H3,(H,19,20)(H2,18,21,22). The molecular formula is C17H18N2O5S. The lowest BCUT2D eigenvalue weighted by molar-refractivity contribution is 0.102. The molecule has 1 amide bonds. The van der Waals surface area contributed by atoms with Crippen LogP contribution >= 0.6 is 0 Å². The van der Waals surface area contributed by atoms with Crippen molar-refractivity contribution >= 4 is 21.6 Å². The molecule has 1 heterocycles. The molecule has 1 aliphatic heterocycles. The van der Waals surface area contributed by atoms with E-state index in [2.05, 4.69) is 5.32 Å². The zero-order valence-electron chi connectivity index (χ0n) is 13.8. The third kappa shape index (κ3) is 3.59. The van der Waals surface area contributed by atoms with Crippen LogP contribution in [0, 0.1) is 13.8 Å². The topological polar surface area (TPSA) is 108 Å². The number of benzene rings is 2. The van der Waals surface area contributed by atoms with Gasteiger partial charge < -0.3 is 14.8 Å². The van der Waals surface area contributed by atoms with Gasteiger partial charge in [-0.2, -0.15) is 0 Å². The van der Waals surface area contributed by atoms with Crippen molar-refractivity contribution in [3.63, 3.8) is 0 Å². The highest BCUT2D eigenvalue weighted by molar-refractivity contribution is 7.89. The van der Waals surface area contributed by atoms with E-state index >= 15 is 0 Å². The minimum atomic E-state index is -3.86. The Morgan fingerprint density at radius 3 is 2.44 bits per heavy atom. The Balaban J connectivity index is 1.92. The summed E-state index contributed by atoms with van der Waals surface area (Å²) in [6, 6.07) is 7.71. The Labute approximate surface area is 145 Å². The van der Waals surface area contributed by atoms with Crippen LogP contribution in [0.25, 0.3) is 0 Å². The van der Waals surface area contributed by atoms with Gasteiger partial charge in [-0.05, 0) is 55.3 Å². The summed E-state index contributed by atoms with van der Waals surface area (Å²) in [5.41, 5.74) is 2.24. The van der Waals surface area contributed by atoms with Crippen molar-refractivity contribution in [3.05, 3.63) is 47.0 Å². The first-order valence-corrected chi connectivity index (χ1v) is 9.15. The van der Waals surface area contributed by atoms with Gasteiger partial charge in [-0.25, -0.2) is 13.6 Å². The molecule has 0 radical (unpaired) electrons. The Morgan fingerprint density at radius 2 is 1.76 bits per heavy atom. The molecule has 0 bridgehead atoms. The zero-order valence-corrected chi connectivity index (χ0v) is 14.6. The number of carbonyl (C=O) groups is 1. The van der Waals surface area contributed by atoms with E-state index in [9.17, 15) is 13.2 Å². The predicted molar refractivity (Wildman–Crippen MR) is 92.7 cm³/mol. The Kier molecular flexibility index (Phi) is 4.40. The number of anilines is 1. The van der Waals surface area contributed by atoms with Gasteiger partial charge >= 0.3 is 0 Å². The van der Waals surface area contributed by atoms with Crippen LogP contribution < -0.4 is 19.9 Å². The fourth-order valence-electron chi connectivity index (χ4n) is 2.50. The van der Waals surface area contributed by atoms with E-state index in [1.54, 1.807) is 32.0 Å². The summed E-state index contributed by atoms with van der Waals surface area (Å²) in [5, 5.41) is 7.92. The van der Waals surface area contributed by atoms with Gasteiger partial charge in [0.05, 0.1) is 4.90 Å². The molecule has 8 heteroatoms. The summed E-state index contributed by atoms with van der Waals surface area (Å²) in [5.74, 6) is 0.710. The molecule has 0 spiro atoms. The lowest BCUT2D eigenvalue weighted by Crippen LogP contribution is -2.18. The maximum Gasteiger partial charge on any atom is 0.255 e. The highest BCUT2D eigenvalue weighted by atomic mass is 32.2. The SMILES string of the molecule is Cc1cc(S(N)(=O)=O)cc(NC(=O)c2ccc3c(c2)OCCO3)c1C. The van der Waals surface area contributed by atoms with Crippen molar-refractivity contribution in [2.45, 2.75) is 18.7 Å². The van der Waals surface area contributed by atoms with Crippen molar-refractivity contribution in [3.8, 4) is 11.5 Å². The molecule has 7 nitrogen and oxygen atoms in total. The van der Waals surface area contributed by atoms with E-state index in [0.29, 0.717) is 41.5 Å². The normalized spacial score (nSPS) is 13.4. The summed E-state index contributed by atoms with van der Waals surface area (Å²) in [6.45, 7) is 4.44. The summed E-state index contributed by atoms with van der Waals surface area (Å²) < 4.78 is 34.1. The maximum atomic E-state index is 12.5. The minimum Gasteiger partial charge on any atom is -0.486 e. The molecule has 132 valence electrons. The number of sulfonamides is 1. The van der Waals surface area contributed by atoms with Gasteiger partial charge in [0.1, 0.15) is 13.2 Å². The van der Waals surface area contributed by atoms with E-state index in [0.717, 1.165) is 5.56 Å². The predicted octanol–water partition coefficient (Wildman–Crippen LogP) is 1.97. The molecule has 25 heavy (non-hydrogen) atoms. The number of amides is 1. The molecule has 3 N–H and O–H groups in total. The van der Waals surface area contributed by atoms with Gasteiger partial charge in [0.2, 0.25) is 10.0 Å². The fourth-order valence-corrected chi connectivity index (χ4v) is 3.12. The second kappa shape index (κ2) is 6.38. The van der Waals surface area contributed by atoms with Crippen LogP contribution in [0.3, 0.4) is 0 Å². The van der Waals surface area contributed by atoms with Crippen LogP contribution in [0.1, 0.15) is 21.5 Å². The third-order valence-electron chi connectivity index (χ3n) is 4.02. The maximum absolute atomic E-state index is 12.5. The van der Waals surface area contributed by atoms with Gasteiger partial charge in [-0.15, -0.1) is 0 Å². The second-order valence-corrected chi connectivity index (χ2v) is 7.33. The van der Waals surface area contributed by atoms with Gasteiger partial charge in [-0.3, -0.25) is 4.79 Å². The van der Waals surface area contributed by atoms with E-state index in [-0.39, 0.29) is 10.8 Å². The summed E-state index contributed by atoms with van der Waals surface area (Å²) in [6.07, 6.45) is 0. The second-order valence-electron chi connectivity index (χ2n) is 5.77. The number of rotatable bonds is 3. The third-order valence-corrected chi connectivity index (χ3v) is 4.91. The number of aryl methyl sites for hydroxylation is 1. The van der Waals surface area contributed by atoms with Crippen molar-refractivity contribution in [1.29, 1.82) is 0 Å². The Bertz CT molecular complexity index is 954. The van der Waals surface area contributed by atoms with Crippen LogP contribution in [0.2, 0.25) is 0 Å². The summed E-state index contributed by atoms with van der Waals surface area (Å²) >= 11 is 0. The van der Waals surface area contributed by atoms with Crippen LogP contribution in [0.15, 0.2) is 35.2 Å². The number of primary sulfonamides is 1. The molecule has 0 saturated heterocycles. The monoisotopic (exact) mass is 362 g/mol. The van der Waals surface area contributed by atoms with Crippen LogP contribution in [0.5, 0.6) is 11.5 Å². The molecule has 0 aromatic heterocycles. The van der Waals surface area contributed by atoms with Crippen LogP contribution in [-0.4, -0.2) is 27.5 Å². The van der Waals surface area contributed by atoms with Crippen molar-refractivity contribution in [2.24, 2.45) is 5.14 Å². The van der Waals surface area contributed by atoms with E-state index < -0.39 is 10.0 Å². The number of nitrogens with one attached hydrogen (secondary N) is 1. The lowest BCUT2D eigenvalue weighted by Gasteiger charge is -2.19. The number of hydrogen-bond donors (Lipinski definition) is 2. The molecular weight excluding hydrogens is 344 g/mol. The smallest absolute Gasteiger partial charge is 0.255 e. The molecule has 2 aromatic rings. The zero-order chi connectivity index (χ0) is 18.2. The van der Waals surface area contributed by atoms with Gasteiger partial charge in [-0.1, -0.05) is 0 Å². The van der Waals surface area contributed by atoms with Crippen LogP contribution in [-0.2, 0) is 10.0 Å². The molecule has 1 aliphatic rings. The number of hydrogen-bond acceptors (Lipinski definition) is 5. The molecule has 2 aromatic carbocycles. The van der Waals surface area contributed by atoms with Crippen molar-refractivity contribution < 1.29 is 22.7 Å². The van der Waals surface area contributed by atoms with E-state index in [4.69, 9.17) is 14.6 Å². The van der Waals surface area contributed by atoms with Gasteiger partial charge in [0, 0.05) is 11.3 Å². The summed E-state index contributed by atoms with van der Waals surface area (Å²) in [4.78, 5) is 12.5. The molecule has 3 rings (SSSR count). The molecule has 0 fully saturated rings. The largest absolute Gasteiger partial charge is 0.486 e. The van der Waals surface area contributed by atoms with Crippen LogP contribution in [0.4, 0.5) is 5.69 Å². The molecule has 0 aliphatic carbocycles. The average Bonchev–Trinajstić information content (AvgIpc) is 2.57. The lowest BCUT2D eigenvalue weighted by atomic mass is 10.1. The first-order valence-electron chi connectivity index (χ1n) is 7.61. The Hall–Kier alpha value is -2.58. The number of carbonyl (C=O) groups excluding carboxylic acids is 1. The molecule has 0 saturated carbocycles. The highest BCUT2D eigenvalue weighted by Gasteiger charge is 2.17. The minimum absolute atomic E-state index is 0.0481. The van der Waals surface area contributed by atoms with Crippen molar-refractivity contribution in [1.82, 2.24) is 0 Å². The fraction of sp³-hybridized carbons (Fsp3) is 0.235. The van der Waals surface area contributed by atoms with E-state index in [1.165, 1.54) is 12.1 Å². The number of nitrogens with two attached hydrogens (primary N) is 1. The van der Waals surface area contributed by atoms with Crippen molar-refractivity contribution in [2.75, 3.05) is 18.5 Å². The highest BCUT2D eigenvalue weighted by Crippen LogP contribution is 2.31. The first kappa shape index (κ1) is 17.2. The average molecular weight is 362 g/mol. The first-order chi connectivity index (χ1) is 11.8. The quantitative estimate of drug-likeness (QED) is 0.868. The van der Waals surface area contributed by atoms with Gasteiger partial charge in [0.25, 0.3) is 5.91 Å². The Morgan fingerprint density at radius 1 is 1.08 bits per heavy atom. The summed E-state index contributed by atoms with van der Waals surface area (Å²) in [7, 11) is -3.86. The molecule has 0 atom stereocenters. The van der Waals surface area contributed by atoms with Gasteiger partial charge in [0.15, 0.2) is 11.5 Å². The molecule has 0 unspecified atom stereocenters. The number of ether oxygens (including phenoxy) is 2. The van der Waals surface area contributed by atoms with E-state index in [1.807, 2.05) is 0 Å². The number of fused-ring (bicyclic) bond motifs is 1.